The molecule has 0 aliphatic carbocycles. The molecule has 1 aliphatic heterocycles. The highest BCUT2D eigenvalue weighted by atomic mass is 19.1. The van der Waals surface area contributed by atoms with E-state index in [1.165, 1.54) is 12.1 Å². The van der Waals surface area contributed by atoms with E-state index in [4.69, 9.17) is 0 Å². The fourth-order valence-electron chi connectivity index (χ4n) is 4.39. The zero-order valence-electron chi connectivity index (χ0n) is 17.5. The van der Waals surface area contributed by atoms with Gasteiger partial charge in [-0.05, 0) is 38.1 Å². The van der Waals surface area contributed by atoms with Crippen molar-refractivity contribution in [2.24, 2.45) is 7.05 Å². The Balaban J connectivity index is 1.53. The minimum Gasteiger partial charge on any atom is -0.368 e. The summed E-state index contributed by atoms with van der Waals surface area (Å²) >= 11 is 0. The van der Waals surface area contributed by atoms with Crippen LogP contribution in [0.2, 0.25) is 0 Å². The molecular formula is C22H23F2N7. The molecule has 31 heavy (non-hydrogen) atoms. The number of piperazine rings is 1. The Labute approximate surface area is 178 Å². The Bertz CT molecular complexity index is 1280. The van der Waals surface area contributed by atoms with E-state index in [1.807, 2.05) is 6.07 Å². The first-order chi connectivity index (χ1) is 14.9. The number of nitrogens with zero attached hydrogens (tertiary/aromatic N) is 5. The topological polar surface area (TPSA) is 70.9 Å². The summed E-state index contributed by atoms with van der Waals surface area (Å²) in [5, 5.41) is 20.3. The predicted molar refractivity (Wildman–Crippen MR) is 118 cm³/mol. The first-order valence-electron chi connectivity index (χ1n) is 10.2. The van der Waals surface area contributed by atoms with Crippen molar-refractivity contribution in [3.8, 4) is 0 Å². The number of aryl methyl sites for hydroxylation is 1. The van der Waals surface area contributed by atoms with Gasteiger partial charge in [-0.15, -0.1) is 5.10 Å². The summed E-state index contributed by atoms with van der Waals surface area (Å²) in [4.78, 5) is 2.17. The molecule has 1 aliphatic rings. The van der Waals surface area contributed by atoms with Gasteiger partial charge in [0.05, 0.1) is 11.6 Å². The van der Waals surface area contributed by atoms with Gasteiger partial charge in [-0.3, -0.25) is 4.68 Å². The molecule has 4 aromatic rings. The summed E-state index contributed by atoms with van der Waals surface area (Å²) < 4.78 is 31.2. The van der Waals surface area contributed by atoms with Crippen LogP contribution in [0.15, 0.2) is 36.7 Å². The van der Waals surface area contributed by atoms with Gasteiger partial charge in [0.2, 0.25) is 0 Å². The van der Waals surface area contributed by atoms with Gasteiger partial charge in [-0.2, -0.15) is 10.2 Å². The molecule has 9 heteroatoms. The van der Waals surface area contributed by atoms with Crippen molar-refractivity contribution < 1.29 is 8.78 Å². The van der Waals surface area contributed by atoms with E-state index in [0.717, 1.165) is 18.8 Å². The Kier molecular flexibility index (Phi) is 4.70. The van der Waals surface area contributed by atoms with E-state index < -0.39 is 11.6 Å². The summed E-state index contributed by atoms with van der Waals surface area (Å²) in [6, 6.07) is 7.16. The highest BCUT2D eigenvalue weighted by Crippen LogP contribution is 2.32. The van der Waals surface area contributed by atoms with Crippen LogP contribution in [0.4, 0.5) is 26.0 Å². The zero-order chi connectivity index (χ0) is 21.7. The zero-order valence-corrected chi connectivity index (χ0v) is 17.5. The van der Waals surface area contributed by atoms with Crippen LogP contribution in [0.1, 0.15) is 13.8 Å². The first-order valence-corrected chi connectivity index (χ1v) is 10.2. The lowest BCUT2D eigenvalue weighted by Crippen LogP contribution is -2.54. The Morgan fingerprint density at radius 2 is 1.81 bits per heavy atom. The van der Waals surface area contributed by atoms with Crippen molar-refractivity contribution in [1.82, 2.24) is 25.3 Å². The Morgan fingerprint density at radius 3 is 2.58 bits per heavy atom. The summed E-state index contributed by atoms with van der Waals surface area (Å²) in [6.07, 6.45) is 3.27. The summed E-state index contributed by atoms with van der Waals surface area (Å²) in [7, 11) is 1.73. The molecule has 0 bridgehead atoms. The van der Waals surface area contributed by atoms with Crippen LogP contribution in [0.3, 0.4) is 0 Å². The van der Waals surface area contributed by atoms with Gasteiger partial charge in [0.25, 0.3) is 0 Å². The lowest BCUT2D eigenvalue weighted by atomic mass is 10.1. The third-order valence-corrected chi connectivity index (χ3v) is 5.56. The SMILES string of the molecule is C[C@@H]1CN(c2cc(F)c3c(Nc4cc(F)c5nn(C)cc5c4)nncc3c2)C[C@H](C)N1. The number of nitrogens with one attached hydrogen (secondary N) is 2. The molecule has 1 saturated heterocycles. The third-order valence-electron chi connectivity index (χ3n) is 5.56. The molecule has 5 rings (SSSR count). The second kappa shape index (κ2) is 7.42. The number of benzene rings is 2. The molecule has 3 heterocycles. The summed E-state index contributed by atoms with van der Waals surface area (Å²) in [5.41, 5.74) is 1.55. The van der Waals surface area contributed by atoms with Gasteiger partial charge in [-0.25, -0.2) is 8.78 Å². The van der Waals surface area contributed by atoms with Crippen LogP contribution in [-0.2, 0) is 7.05 Å². The summed E-state index contributed by atoms with van der Waals surface area (Å²) in [5.74, 6) is -0.614. The number of hydrogen-bond acceptors (Lipinski definition) is 6. The number of halogens is 2. The number of aromatic nitrogens is 4. The molecule has 0 amide bonds. The van der Waals surface area contributed by atoms with E-state index in [-0.39, 0.29) is 11.3 Å². The first kappa shape index (κ1) is 19.6. The van der Waals surface area contributed by atoms with Crippen molar-refractivity contribution in [3.63, 3.8) is 0 Å². The smallest absolute Gasteiger partial charge is 0.163 e. The van der Waals surface area contributed by atoms with Crippen molar-refractivity contribution in [3.05, 3.63) is 48.3 Å². The second-order valence-corrected chi connectivity index (χ2v) is 8.28. The maximum absolute atomic E-state index is 15.3. The van der Waals surface area contributed by atoms with Crippen LogP contribution in [0.5, 0.6) is 0 Å². The maximum Gasteiger partial charge on any atom is 0.163 e. The van der Waals surface area contributed by atoms with E-state index in [2.05, 4.69) is 44.7 Å². The molecule has 1 fully saturated rings. The van der Waals surface area contributed by atoms with E-state index in [0.29, 0.717) is 33.9 Å². The molecule has 2 aromatic carbocycles. The minimum absolute atomic E-state index is 0.242. The Hall–Kier alpha value is -3.33. The normalized spacial score (nSPS) is 19.3. The molecule has 7 nitrogen and oxygen atoms in total. The number of anilines is 3. The summed E-state index contributed by atoms with van der Waals surface area (Å²) in [6.45, 7) is 5.82. The lowest BCUT2D eigenvalue weighted by molar-refractivity contribution is 0.407. The molecule has 2 atom stereocenters. The average molecular weight is 423 g/mol. The third kappa shape index (κ3) is 3.65. The fraction of sp³-hybridized carbons (Fsp3) is 0.318. The largest absolute Gasteiger partial charge is 0.368 e. The molecular weight excluding hydrogens is 400 g/mol. The second-order valence-electron chi connectivity index (χ2n) is 8.28. The lowest BCUT2D eigenvalue weighted by Gasteiger charge is -2.37. The quantitative estimate of drug-likeness (QED) is 0.523. The molecule has 0 radical (unpaired) electrons. The van der Waals surface area contributed by atoms with Crippen LogP contribution < -0.4 is 15.5 Å². The minimum atomic E-state index is -0.460. The van der Waals surface area contributed by atoms with Crippen LogP contribution in [0, 0.1) is 11.6 Å². The van der Waals surface area contributed by atoms with Gasteiger partial charge in [0, 0.05) is 60.6 Å². The highest BCUT2D eigenvalue weighted by Gasteiger charge is 2.23. The molecule has 0 unspecified atom stereocenters. The van der Waals surface area contributed by atoms with Crippen LogP contribution in [0.25, 0.3) is 21.7 Å². The number of hydrogen-bond donors (Lipinski definition) is 2. The molecule has 2 aromatic heterocycles. The van der Waals surface area contributed by atoms with Gasteiger partial charge in [0.15, 0.2) is 11.6 Å². The molecule has 2 N–H and O–H groups in total. The van der Waals surface area contributed by atoms with Gasteiger partial charge in [0.1, 0.15) is 11.3 Å². The standard InChI is InChI=1S/C22H23F2N7/c1-12-9-31(10-13(2)26-12)17-5-14-8-25-28-22(20(14)18(23)7-17)27-16-4-15-11-30(3)29-21(15)19(24)6-16/h4-8,11-13,26H,9-10H2,1-3H3,(H,27,28)/t12-,13+. The predicted octanol–water partition coefficient (Wildman–Crippen LogP) is 3.72. The van der Waals surface area contributed by atoms with Crippen molar-refractivity contribution in [2.45, 2.75) is 25.9 Å². The number of fused-ring (bicyclic) bond motifs is 2. The van der Waals surface area contributed by atoms with Crippen LogP contribution in [-0.4, -0.2) is 45.2 Å². The van der Waals surface area contributed by atoms with Crippen LogP contribution >= 0.6 is 0 Å². The van der Waals surface area contributed by atoms with Gasteiger partial charge < -0.3 is 15.5 Å². The van der Waals surface area contributed by atoms with Crippen molar-refractivity contribution >= 4 is 38.9 Å². The Morgan fingerprint density at radius 1 is 1.03 bits per heavy atom. The van der Waals surface area contributed by atoms with E-state index in [1.54, 1.807) is 30.2 Å². The van der Waals surface area contributed by atoms with Crippen molar-refractivity contribution in [1.29, 1.82) is 0 Å². The highest BCUT2D eigenvalue weighted by molar-refractivity contribution is 5.96. The fourth-order valence-corrected chi connectivity index (χ4v) is 4.39. The van der Waals surface area contributed by atoms with E-state index in [9.17, 15) is 4.39 Å². The van der Waals surface area contributed by atoms with E-state index >= 15 is 4.39 Å². The maximum atomic E-state index is 15.3. The monoisotopic (exact) mass is 423 g/mol. The van der Waals surface area contributed by atoms with Crippen molar-refractivity contribution in [2.75, 3.05) is 23.3 Å². The molecule has 0 spiro atoms. The average Bonchev–Trinajstić information content (AvgIpc) is 3.08. The van der Waals surface area contributed by atoms with Gasteiger partial charge in [-0.1, -0.05) is 0 Å². The molecule has 160 valence electrons. The van der Waals surface area contributed by atoms with Gasteiger partial charge >= 0.3 is 0 Å². The number of rotatable bonds is 3. The molecule has 0 saturated carbocycles.